The second kappa shape index (κ2) is 4.94. The largest absolute Gasteiger partial charge is 0.331 e. The van der Waals surface area contributed by atoms with Crippen molar-refractivity contribution in [3.63, 3.8) is 0 Å². The van der Waals surface area contributed by atoms with Gasteiger partial charge in [0, 0.05) is 10.5 Å². The van der Waals surface area contributed by atoms with E-state index in [0.29, 0.717) is 12.0 Å². The number of hydrogen-bond acceptors (Lipinski definition) is 1. The third-order valence-corrected chi connectivity index (χ3v) is 4.35. The number of nitrogens with zero attached hydrogens (tertiary/aromatic N) is 1. The van der Waals surface area contributed by atoms with Crippen LogP contribution in [0.25, 0.3) is 11.0 Å². The van der Waals surface area contributed by atoms with Crippen LogP contribution in [-0.4, -0.2) is 9.55 Å². The van der Waals surface area contributed by atoms with E-state index in [2.05, 4.69) is 64.5 Å². The zero-order valence-corrected chi connectivity index (χ0v) is 12.7. The molecule has 1 N–H and O–H groups in total. The van der Waals surface area contributed by atoms with Gasteiger partial charge in [-0.3, -0.25) is 0 Å². The number of benzene rings is 1. The Labute approximate surface area is 115 Å². The standard InChI is InChI=1S/C13H17BrN2S/c1-4-8(2)9(3)16-12-6-5-10(14)7-11(12)15-13(16)17/h5-9H,4H2,1-3H3,(H,15,17). The van der Waals surface area contributed by atoms with E-state index in [-0.39, 0.29) is 0 Å². The Morgan fingerprint density at radius 1 is 1.41 bits per heavy atom. The van der Waals surface area contributed by atoms with Gasteiger partial charge in [-0.2, -0.15) is 0 Å². The zero-order chi connectivity index (χ0) is 12.6. The predicted octanol–water partition coefficient (Wildman–Crippen LogP) is 5.07. The first kappa shape index (κ1) is 12.8. The number of H-pyrrole nitrogens is 1. The van der Waals surface area contributed by atoms with Crippen LogP contribution in [0.5, 0.6) is 0 Å². The molecular weight excluding hydrogens is 296 g/mol. The second-order valence-electron chi connectivity index (χ2n) is 4.59. The van der Waals surface area contributed by atoms with Gasteiger partial charge in [-0.25, -0.2) is 0 Å². The summed E-state index contributed by atoms with van der Waals surface area (Å²) in [5.74, 6) is 0.615. The van der Waals surface area contributed by atoms with Gasteiger partial charge in [0.05, 0.1) is 11.0 Å². The average molecular weight is 313 g/mol. The van der Waals surface area contributed by atoms with Crippen molar-refractivity contribution in [3.8, 4) is 0 Å². The quantitative estimate of drug-likeness (QED) is 0.785. The molecule has 2 aromatic rings. The number of rotatable bonds is 3. The Morgan fingerprint density at radius 2 is 2.12 bits per heavy atom. The van der Waals surface area contributed by atoms with Crippen LogP contribution in [0.4, 0.5) is 0 Å². The smallest absolute Gasteiger partial charge is 0.178 e. The highest BCUT2D eigenvalue weighted by Crippen LogP contribution is 2.27. The third kappa shape index (κ3) is 2.33. The maximum Gasteiger partial charge on any atom is 0.178 e. The molecule has 0 radical (unpaired) electrons. The van der Waals surface area contributed by atoms with Crippen LogP contribution in [0.3, 0.4) is 0 Å². The summed E-state index contributed by atoms with van der Waals surface area (Å²) in [6.07, 6.45) is 1.16. The monoisotopic (exact) mass is 312 g/mol. The highest BCUT2D eigenvalue weighted by atomic mass is 79.9. The van der Waals surface area contributed by atoms with Crippen LogP contribution >= 0.6 is 28.1 Å². The lowest BCUT2D eigenvalue weighted by Crippen LogP contribution is -2.13. The summed E-state index contributed by atoms with van der Waals surface area (Å²) in [7, 11) is 0. The van der Waals surface area contributed by atoms with Gasteiger partial charge in [-0.15, -0.1) is 0 Å². The molecule has 4 heteroatoms. The van der Waals surface area contributed by atoms with Crippen molar-refractivity contribution in [2.24, 2.45) is 5.92 Å². The van der Waals surface area contributed by atoms with Crippen LogP contribution in [0.2, 0.25) is 0 Å². The highest BCUT2D eigenvalue weighted by Gasteiger charge is 2.16. The molecule has 0 bridgehead atoms. The maximum absolute atomic E-state index is 5.43. The number of imidazole rings is 1. The first-order chi connectivity index (χ1) is 8.04. The molecule has 2 atom stereocenters. The summed E-state index contributed by atoms with van der Waals surface area (Å²) in [6, 6.07) is 6.67. The minimum atomic E-state index is 0.419. The van der Waals surface area contributed by atoms with Crippen molar-refractivity contribution in [2.75, 3.05) is 0 Å². The van der Waals surface area contributed by atoms with Crippen LogP contribution in [0.15, 0.2) is 22.7 Å². The van der Waals surface area contributed by atoms with Gasteiger partial charge in [-0.05, 0) is 43.3 Å². The minimum Gasteiger partial charge on any atom is -0.331 e. The number of nitrogens with one attached hydrogen (secondary N) is 1. The van der Waals surface area contributed by atoms with Crippen LogP contribution < -0.4 is 0 Å². The number of hydrogen-bond donors (Lipinski definition) is 1. The zero-order valence-electron chi connectivity index (χ0n) is 10.3. The van der Waals surface area contributed by atoms with E-state index >= 15 is 0 Å². The van der Waals surface area contributed by atoms with Gasteiger partial charge in [-0.1, -0.05) is 36.2 Å². The summed E-state index contributed by atoms with van der Waals surface area (Å²) >= 11 is 8.91. The summed E-state index contributed by atoms with van der Waals surface area (Å²) in [5, 5.41) is 0. The number of aromatic nitrogens is 2. The molecule has 2 unspecified atom stereocenters. The molecule has 1 aromatic carbocycles. The lowest BCUT2D eigenvalue weighted by molar-refractivity contribution is 0.374. The van der Waals surface area contributed by atoms with Crippen molar-refractivity contribution in [1.82, 2.24) is 9.55 Å². The molecule has 0 aliphatic heterocycles. The van der Waals surface area contributed by atoms with Gasteiger partial charge in [0.1, 0.15) is 0 Å². The average Bonchev–Trinajstić information content (AvgIpc) is 2.62. The Balaban J connectivity index is 2.61. The van der Waals surface area contributed by atoms with Gasteiger partial charge >= 0.3 is 0 Å². The van der Waals surface area contributed by atoms with Gasteiger partial charge in [0.15, 0.2) is 4.77 Å². The van der Waals surface area contributed by atoms with E-state index < -0.39 is 0 Å². The van der Waals surface area contributed by atoms with E-state index in [1.807, 2.05) is 0 Å². The Morgan fingerprint density at radius 3 is 2.76 bits per heavy atom. The lowest BCUT2D eigenvalue weighted by Gasteiger charge is -2.20. The first-order valence-corrected chi connectivity index (χ1v) is 7.14. The van der Waals surface area contributed by atoms with Crippen LogP contribution in [-0.2, 0) is 0 Å². The topological polar surface area (TPSA) is 20.7 Å². The Kier molecular flexibility index (Phi) is 3.73. The molecule has 1 aromatic heterocycles. The SMILES string of the molecule is CCC(C)C(C)n1c(=S)[nH]c2cc(Br)ccc21. The van der Waals surface area contributed by atoms with Gasteiger partial charge in [0.25, 0.3) is 0 Å². The highest BCUT2D eigenvalue weighted by molar-refractivity contribution is 9.10. The predicted molar refractivity (Wildman–Crippen MR) is 79.0 cm³/mol. The molecule has 2 nitrogen and oxygen atoms in total. The van der Waals surface area contributed by atoms with Gasteiger partial charge < -0.3 is 9.55 Å². The normalized spacial score (nSPS) is 15.1. The minimum absolute atomic E-state index is 0.419. The summed E-state index contributed by atoms with van der Waals surface area (Å²) in [4.78, 5) is 3.28. The fourth-order valence-electron chi connectivity index (χ4n) is 2.10. The molecule has 0 saturated carbocycles. The second-order valence-corrected chi connectivity index (χ2v) is 5.89. The number of fused-ring (bicyclic) bond motifs is 1. The molecule has 0 aliphatic carbocycles. The van der Waals surface area contributed by atoms with Crippen molar-refractivity contribution in [1.29, 1.82) is 0 Å². The Bertz CT molecular complexity index is 585. The molecule has 1 heterocycles. The fraction of sp³-hybridized carbons (Fsp3) is 0.462. The maximum atomic E-state index is 5.43. The number of halogens is 1. The molecule has 0 amide bonds. The van der Waals surface area contributed by atoms with E-state index in [1.165, 1.54) is 5.52 Å². The first-order valence-electron chi connectivity index (χ1n) is 5.94. The fourth-order valence-corrected chi connectivity index (χ4v) is 2.84. The summed E-state index contributed by atoms with van der Waals surface area (Å²) < 4.78 is 4.11. The summed E-state index contributed by atoms with van der Waals surface area (Å²) in [6.45, 7) is 6.72. The van der Waals surface area contributed by atoms with Gasteiger partial charge in [0.2, 0.25) is 0 Å². The molecule has 0 spiro atoms. The van der Waals surface area contributed by atoms with E-state index in [1.54, 1.807) is 0 Å². The van der Waals surface area contributed by atoms with Crippen LogP contribution in [0.1, 0.15) is 33.2 Å². The molecule has 2 rings (SSSR count). The molecule has 17 heavy (non-hydrogen) atoms. The molecular formula is C13H17BrN2S. The van der Waals surface area contributed by atoms with Crippen molar-refractivity contribution in [2.45, 2.75) is 33.2 Å². The number of aromatic amines is 1. The van der Waals surface area contributed by atoms with Crippen molar-refractivity contribution < 1.29 is 0 Å². The van der Waals surface area contributed by atoms with E-state index in [4.69, 9.17) is 12.2 Å². The Hall–Kier alpha value is -0.610. The molecule has 0 aliphatic rings. The third-order valence-electron chi connectivity index (χ3n) is 3.55. The van der Waals surface area contributed by atoms with E-state index in [9.17, 15) is 0 Å². The molecule has 0 saturated heterocycles. The van der Waals surface area contributed by atoms with Crippen molar-refractivity contribution in [3.05, 3.63) is 27.4 Å². The van der Waals surface area contributed by atoms with Crippen LogP contribution in [0, 0.1) is 10.7 Å². The lowest BCUT2D eigenvalue weighted by atomic mass is 10.0. The van der Waals surface area contributed by atoms with Crippen molar-refractivity contribution >= 4 is 39.2 Å². The summed E-state index contributed by atoms with van der Waals surface area (Å²) in [5.41, 5.74) is 2.28. The van der Waals surface area contributed by atoms with E-state index in [0.717, 1.165) is 21.2 Å². The molecule has 92 valence electrons. The molecule has 0 fully saturated rings.